The predicted octanol–water partition coefficient (Wildman–Crippen LogP) is 3.13. The number of rotatable bonds is 6. The van der Waals surface area contributed by atoms with Crippen LogP contribution >= 0.6 is 22.9 Å². The summed E-state index contributed by atoms with van der Waals surface area (Å²) in [5, 5.41) is 7.00. The minimum Gasteiger partial charge on any atom is -0.382 e. The van der Waals surface area contributed by atoms with E-state index in [0.717, 1.165) is 29.5 Å². The fraction of sp³-hybridized carbons (Fsp3) is 0.647. The average molecular weight is 370 g/mol. The highest BCUT2D eigenvalue weighted by Crippen LogP contribution is 2.26. The standard InChI is InChI=1S/C17H24ClN3O2S/c1-12-4-2-8-21(11-12)9-3-7-19-17(22)14-10-13(20-23-14)15-5-6-16(18)24-15/h5-6,12,14H,2-4,7-11H2,1H3,(H,19,22)/t12-,14-/m0/s1. The van der Waals surface area contributed by atoms with Gasteiger partial charge in [-0.1, -0.05) is 23.7 Å². The summed E-state index contributed by atoms with van der Waals surface area (Å²) in [6.07, 6.45) is 3.59. The maximum absolute atomic E-state index is 12.2. The number of carbonyl (C=O) groups is 1. The van der Waals surface area contributed by atoms with E-state index in [1.54, 1.807) is 0 Å². The Kier molecular flexibility index (Phi) is 6.14. The lowest BCUT2D eigenvalue weighted by Gasteiger charge is -2.30. The van der Waals surface area contributed by atoms with E-state index in [4.69, 9.17) is 16.4 Å². The minimum absolute atomic E-state index is 0.0802. The maximum atomic E-state index is 12.2. The molecule has 0 saturated carbocycles. The van der Waals surface area contributed by atoms with Crippen LogP contribution in [0, 0.1) is 5.92 Å². The number of nitrogens with one attached hydrogen (secondary N) is 1. The van der Waals surface area contributed by atoms with E-state index in [1.165, 1.54) is 37.3 Å². The van der Waals surface area contributed by atoms with Crippen molar-refractivity contribution in [1.29, 1.82) is 0 Å². The molecule has 0 aromatic carbocycles. The number of hydrogen-bond acceptors (Lipinski definition) is 5. The van der Waals surface area contributed by atoms with E-state index in [2.05, 4.69) is 22.3 Å². The molecule has 0 aliphatic carbocycles. The van der Waals surface area contributed by atoms with Gasteiger partial charge in [0.15, 0.2) is 0 Å². The molecule has 0 bridgehead atoms. The van der Waals surface area contributed by atoms with Crippen molar-refractivity contribution < 1.29 is 9.63 Å². The monoisotopic (exact) mass is 369 g/mol. The molecule has 5 nitrogen and oxygen atoms in total. The summed E-state index contributed by atoms with van der Waals surface area (Å²) < 4.78 is 0.715. The van der Waals surface area contributed by atoms with Crippen molar-refractivity contribution in [1.82, 2.24) is 10.2 Å². The zero-order valence-corrected chi connectivity index (χ0v) is 15.5. The van der Waals surface area contributed by atoms with Crippen LogP contribution in [0.1, 0.15) is 37.5 Å². The van der Waals surface area contributed by atoms with Crippen molar-refractivity contribution in [3.05, 3.63) is 21.3 Å². The zero-order valence-electron chi connectivity index (χ0n) is 14.0. The third-order valence-electron chi connectivity index (χ3n) is 4.51. The number of nitrogens with zero attached hydrogens (tertiary/aromatic N) is 2. The van der Waals surface area contributed by atoms with Crippen LogP contribution < -0.4 is 5.32 Å². The molecule has 1 N–H and O–H groups in total. The second kappa shape index (κ2) is 8.32. The first kappa shape index (κ1) is 17.7. The first-order chi connectivity index (χ1) is 11.6. The molecule has 2 aliphatic heterocycles. The number of amides is 1. The quantitative estimate of drug-likeness (QED) is 0.784. The molecule has 1 aromatic heterocycles. The Morgan fingerprint density at radius 3 is 3.17 bits per heavy atom. The molecule has 3 rings (SSSR count). The Bertz CT molecular complexity index is 604. The fourth-order valence-corrected chi connectivity index (χ4v) is 4.28. The number of hydrogen-bond donors (Lipinski definition) is 1. The van der Waals surface area contributed by atoms with Gasteiger partial charge in [0.05, 0.1) is 9.21 Å². The molecular formula is C17H24ClN3O2S. The Hall–Kier alpha value is -1.11. The lowest BCUT2D eigenvalue weighted by atomic mass is 10.0. The van der Waals surface area contributed by atoms with Gasteiger partial charge in [-0.15, -0.1) is 11.3 Å². The summed E-state index contributed by atoms with van der Waals surface area (Å²) in [4.78, 5) is 20.9. The van der Waals surface area contributed by atoms with Crippen molar-refractivity contribution in [2.45, 2.75) is 38.7 Å². The molecule has 1 amide bonds. The molecule has 24 heavy (non-hydrogen) atoms. The molecule has 0 radical (unpaired) electrons. The van der Waals surface area contributed by atoms with Gasteiger partial charge in [-0.25, -0.2) is 0 Å². The van der Waals surface area contributed by atoms with E-state index < -0.39 is 6.10 Å². The fourth-order valence-electron chi connectivity index (χ4n) is 3.25. The number of carbonyl (C=O) groups excluding carboxylic acids is 1. The van der Waals surface area contributed by atoms with Crippen LogP contribution in [0.3, 0.4) is 0 Å². The molecule has 1 fully saturated rings. The van der Waals surface area contributed by atoms with Crippen LogP contribution in [0.4, 0.5) is 0 Å². The highest BCUT2D eigenvalue weighted by Gasteiger charge is 2.29. The lowest BCUT2D eigenvalue weighted by molar-refractivity contribution is -0.131. The summed E-state index contributed by atoms with van der Waals surface area (Å²) >= 11 is 7.39. The van der Waals surface area contributed by atoms with Gasteiger partial charge in [-0.3, -0.25) is 4.79 Å². The Balaban J connectivity index is 1.34. The Morgan fingerprint density at radius 2 is 2.42 bits per heavy atom. The number of halogens is 1. The summed E-state index contributed by atoms with van der Waals surface area (Å²) in [6.45, 7) is 6.41. The molecule has 3 heterocycles. The van der Waals surface area contributed by atoms with Crippen molar-refractivity contribution >= 4 is 34.6 Å². The van der Waals surface area contributed by atoms with E-state index in [0.29, 0.717) is 17.3 Å². The van der Waals surface area contributed by atoms with E-state index >= 15 is 0 Å². The molecule has 0 unspecified atom stereocenters. The van der Waals surface area contributed by atoms with Crippen molar-refractivity contribution in [2.75, 3.05) is 26.2 Å². The zero-order chi connectivity index (χ0) is 16.9. The van der Waals surface area contributed by atoms with Gasteiger partial charge in [0.2, 0.25) is 6.10 Å². The third kappa shape index (κ3) is 4.71. The van der Waals surface area contributed by atoms with Crippen LogP contribution in [-0.4, -0.2) is 48.8 Å². The van der Waals surface area contributed by atoms with Crippen LogP contribution in [-0.2, 0) is 9.63 Å². The largest absolute Gasteiger partial charge is 0.382 e. The number of thiophene rings is 1. The third-order valence-corrected chi connectivity index (χ3v) is 5.79. The van der Waals surface area contributed by atoms with E-state index in [1.807, 2.05) is 12.1 Å². The van der Waals surface area contributed by atoms with Gasteiger partial charge in [-0.05, 0) is 50.4 Å². The van der Waals surface area contributed by atoms with Crippen molar-refractivity contribution in [2.24, 2.45) is 11.1 Å². The van der Waals surface area contributed by atoms with Gasteiger partial charge in [0.25, 0.3) is 5.91 Å². The van der Waals surface area contributed by atoms with Crippen molar-refractivity contribution in [3.63, 3.8) is 0 Å². The lowest BCUT2D eigenvalue weighted by Crippen LogP contribution is -2.38. The molecule has 132 valence electrons. The van der Waals surface area contributed by atoms with Gasteiger partial charge in [-0.2, -0.15) is 0 Å². The van der Waals surface area contributed by atoms with Gasteiger partial charge in [0, 0.05) is 19.5 Å². The molecule has 1 saturated heterocycles. The summed E-state index contributed by atoms with van der Waals surface area (Å²) in [5.41, 5.74) is 0.800. The van der Waals surface area contributed by atoms with Gasteiger partial charge < -0.3 is 15.1 Å². The second-order valence-electron chi connectivity index (χ2n) is 6.63. The first-order valence-electron chi connectivity index (χ1n) is 8.60. The smallest absolute Gasteiger partial charge is 0.264 e. The molecule has 2 aliphatic rings. The van der Waals surface area contributed by atoms with Crippen LogP contribution in [0.5, 0.6) is 0 Å². The highest BCUT2D eigenvalue weighted by atomic mass is 35.5. The summed E-state index contributed by atoms with van der Waals surface area (Å²) in [5.74, 6) is 0.713. The SMILES string of the molecule is C[C@H]1CCCN(CCCNC(=O)[C@@H]2CC(c3ccc(Cl)s3)=NO2)C1. The number of piperidine rings is 1. The molecule has 7 heteroatoms. The van der Waals surface area contributed by atoms with Crippen LogP contribution in [0.2, 0.25) is 4.34 Å². The topological polar surface area (TPSA) is 53.9 Å². The predicted molar refractivity (Wildman–Crippen MR) is 97.8 cm³/mol. The second-order valence-corrected chi connectivity index (χ2v) is 8.35. The summed E-state index contributed by atoms with van der Waals surface area (Å²) in [7, 11) is 0. The minimum atomic E-state index is -0.518. The first-order valence-corrected chi connectivity index (χ1v) is 9.79. The molecular weight excluding hydrogens is 346 g/mol. The normalized spacial score (nSPS) is 24.5. The van der Waals surface area contributed by atoms with Gasteiger partial charge in [0.1, 0.15) is 5.71 Å². The van der Waals surface area contributed by atoms with Crippen molar-refractivity contribution in [3.8, 4) is 0 Å². The van der Waals surface area contributed by atoms with E-state index in [-0.39, 0.29) is 5.91 Å². The van der Waals surface area contributed by atoms with Crippen LogP contribution in [0.15, 0.2) is 17.3 Å². The highest BCUT2D eigenvalue weighted by molar-refractivity contribution is 7.18. The maximum Gasteiger partial charge on any atom is 0.264 e. The Morgan fingerprint density at radius 1 is 1.54 bits per heavy atom. The number of likely N-dealkylation sites (tertiary alicyclic amines) is 1. The molecule has 2 atom stereocenters. The molecule has 1 aromatic rings. The number of oxime groups is 1. The van der Waals surface area contributed by atoms with Crippen LogP contribution in [0.25, 0.3) is 0 Å². The Labute approximate surface area is 152 Å². The average Bonchev–Trinajstić information content (AvgIpc) is 3.20. The van der Waals surface area contributed by atoms with E-state index in [9.17, 15) is 4.79 Å². The molecule has 0 spiro atoms. The van der Waals surface area contributed by atoms with Gasteiger partial charge >= 0.3 is 0 Å². The summed E-state index contributed by atoms with van der Waals surface area (Å²) in [6, 6.07) is 3.74.